The highest BCUT2D eigenvalue weighted by molar-refractivity contribution is 7.13. The molecule has 2 aromatic heterocycles. The third-order valence-electron chi connectivity index (χ3n) is 6.28. The predicted molar refractivity (Wildman–Crippen MR) is 133 cm³/mol. The van der Waals surface area contributed by atoms with E-state index in [-0.39, 0.29) is 5.91 Å². The number of aromatic nitrogens is 2. The van der Waals surface area contributed by atoms with E-state index in [1.54, 1.807) is 18.4 Å². The highest BCUT2D eigenvalue weighted by Gasteiger charge is 2.25. The molecule has 1 aliphatic rings. The van der Waals surface area contributed by atoms with E-state index in [4.69, 9.17) is 9.72 Å². The Labute approximate surface area is 198 Å². The molecule has 5 rings (SSSR count). The normalized spacial score (nSPS) is 13.5. The van der Waals surface area contributed by atoms with Crippen molar-refractivity contribution in [1.82, 2.24) is 14.5 Å². The molecule has 4 aromatic rings. The lowest BCUT2D eigenvalue weighted by atomic mass is 10.2. The van der Waals surface area contributed by atoms with E-state index >= 15 is 0 Å². The average molecular weight is 458 g/mol. The molecule has 0 spiro atoms. The molecular formula is C27H27N3O2S. The van der Waals surface area contributed by atoms with Crippen LogP contribution in [0.4, 0.5) is 0 Å². The molecule has 2 aromatic carbocycles. The summed E-state index contributed by atoms with van der Waals surface area (Å²) in [6.45, 7) is 4.43. The van der Waals surface area contributed by atoms with Gasteiger partial charge in [-0.2, -0.15) is 0 Å². The van der Waals surface area contributed by atoms with Crippen LogP contribution in [0.2, 0.25) is 0 Å². The van der Waals surface area contributed by atoms with Gasteiger partial charge in [0.2, 0.25) is 0 Å². The van der Waals surface area contributed by atoms with E-state index in [0.717, 1.165) is 64.9 Å². The lowest BCUT2D eigenvalue weighted by Gasteiger charge is -2.15. The second-order valence-electron chi connectivity index (χ2n) is 8.37. The van der Waals surface area contributed by atoms with Crippen LogP contribution in [0.1, 0.15) is 34.5 Å². The van der Waals surface area contributed by atoms with Crippen molar-refractivity contribution in [3.05, 3.63) is 82.9 Å². The zero-order chi connectivity index (χ0) is 22.8. The number of nitrogens with zero attached hydrogens (tertiary/aromatic N) is 3. The average Bonchev–Trinajstić information content (AvgIpc) is 3.61. The molecular weight excluding hydrogens is 430 g/mol. The Morgan fingerprint density at radius 2 is 1.79 bits per heavy atom. The van der Waals surface area contributed by atoms with Crippen LogP contribution in [-0.2, 0) is 6.54 Å². The molecule has 168 valence electrons. The zero-order valence-electron chi connectivity index (χ0n) is 19.0. The van der Waals surface area contributed by atoms with E-state index in [1.165, 1.54) is 5.56 Å². The zero-order valence-corrected chi connectivity index (χ0v) is 19.8. The number of carbonyl (C=O) groups excluding carboxylic acids is 1. The van der Waals surface area contributed by atoms with Gasteiger partial charge in [-0.15, -0.1) is 11.3 Å². The SMILES string of the molecule is COc1ccc(-c2nc(-c3cc(C(=O)N4CCCC4)c(C)n3Cc3ccccc3)cs2)cc1. The van der Waals surface area contributed by atoms with E-state index in [2.05, 4.69) is 34.2 Å². The molecule has 0 radical (unpaired) electrons. The summed E-state index contributed by atoms with van der Waals surface area (Å²) in [5.74, 6) is 0.955. The van der Waals surface area contributed by atoms with Gasteiger partial charge in [0.05, 0.1) is 24.1 Å². The number of rotatable bonds is 6. The lowest BCUT2D eigenvalue weighted by molar-refractivity contribution is 0.0792. The smallest absolute Gasteiger partial charge is 0.255 e. The summed E-state index contributed by atoms with van der Waals surface area (Å²) in [5, 5.41) is 3.03. The Morgan fingerprint density at radius 1 is 1.06 bits per heavy atom. The highest BCUT2D eigenvalue weighted by Crippen LogP contribution is 2.33. The first-order valence-corrected chi connectivity index (χ1v) is 12.2. The fraction of sp³-hybridized carbons (Fsp3) is 0.259. The van der Waals surface area contributed by atoms with Crippen LogP contribution in [0.3, 0.4) is 0 Å². The number of amides is 1. The Kier molecular flexibility index (Phi) is 6.01. The third-order valence-corrected chi connectivity index (χ3v) is 7.17. The molecule has 0 saturated carbocycles. The van der Waals surface area contributed by atoms with E-state index in [0.29, 0.717) is 6.54 Å². The summed E-state index contributed by atoms with van der Waals surface area (Å²) in [4.78, 5) is 20.2. The topological polar surface area (TPSA) is 47.4 Å². The number of hydrogen-bond acceptors (Lipinski definition) is 4. The van der Waals surface area contributed by atoms with E-state index in [1.807, 2.05) is 48.2 Å². The second-order valence-corrected chi connectivity index (χ2v) is 9.22. The lowest BCUT2D eigenvalue weighted by Crippen LogP contribution is -2.28. The minimum absolute atomic E-state index is 0.128. The Morgan fingerprint density at radius 3 is 2.48 bits per heavy atom. The highest BCUT2D eigenvalue weighted by atomic mass is 32.1. The molecule has 1 fully saturated rings. The fourth-order valence-corrected chi connectivity index (χ4v) is 5.21. The van der Waals surface area contributed by atoms with Gasteiger partial charge in [0.25, 0.3) is 5.91 Å². The quantitative estimate of drug-likeness (QED) is 0.363. The number of thiazole rings is 1. The fourth-order valence-electron chi connectivity index (χ4n) is 4.39. The summed E-state index contributed by atoms with van der Waals surface area (Å²) >= 11 is 1.61. The summed E-state index contributed by atoms with van der Waals surface area (Å²) in [6, 6.07) is 20.4. The van der Waals surface area contributed by atoms with Gasteiger partial charge in [0.15, 0.2) is 0 Å². The molecule has 6 heteroatoms. The van der Waals surface area contributed by atoms with Gasteiger partial charge in [-0.3, -0.25) is 4.79 Å². The summed E-state index contributed by atoms with van der Waals surface area (Å²) in [6.07, 6.45) is 2.17. The number of carbonyl (C=O) groups is 1. The molecule has 0 N–H and O–H groups in total. The molecule has 0 aliphatic carbocycles. The molecule has 3 heterocycles. The maximum absolute atomic E-state index is 13.3. The Hall–Kier alpha value is -3.38. The van der Waals surface area contributed by atoms with Gasteiger partial charge in [0.1, 0.15) is 10.8 Å². The Balaban J connectivity index is 1.54. The summed E-state index contributed by atoms with van der Waals surface area (Å²) in [7, 11) is 1.67. The predicted octanol–water partition coefficient (Wildman–Crippen LogP) is 5.88. The van der Waals surface area contributed by atoms with Crippen LogP contribution in [-0.4, -0.2) is 40.6 Å². The molecule has 0 bridgehead atoms. The van der Waals surface area contributed by atoms with Crippen LogP contribution in [0.15, 0.2) is 66.0 Å². The second kappa shape index (κ2) is 9.24. The van der Waals surface area contributed by atoms with E-state index in [9.17, 15) is 4.79 Å². The minimum atomic E-state index is 0.128. The largest absolute Gasteiger partial charge is 0.497 e. The van der Waals surface area contributed by atoms with Gasteiger partial charge in [-0.1, -0.05) is 30.3 Å². The number of likely N-dealkylation sites (tertiary alicyclic amines) is 1. The third kappa shape index (κ3) is 4.31. The number of methoxy groups -OCH3 is 1. The van der Waals surface area contributed by atoms with Crippen LogP contribution >= 0.6 is 11.3 Å². The van der Waals surface area contributed by atoms with Crippen molar-refractivity contribution < 1.29 is 9.53 Å². The van der Waals surface area contributed by atoms with Crippen molar-refractivity contribution in [2.24, 2.45) is 0 Å². The molecule has 1 saturated heterocycles. The van der Waals surface area contributed by atoms with Crippen molar-refractivity contribution in [2.45, 2.75) is 26.3 Å². The maximum Gasteiger partial charge on any atom is 0.255 e. The molecule has 1 aliphatic heterocycles. The monoisotopic (exact) mass is 457 g/mol. The van der Waals surface area contributed by atoms with Crippen molar-refractivity contribution in [1.29, 1.82) is 0 Å². The van der Waals surface area contributed by atoms with Crippen molar-refractivity contribution >= 4 is 17.2 Å². The van der Waals surface area contributed by atoms with Crippen LogP contribution in [0, 0.1) is 6.92 Å². The van der Waals surface area contributed by atoms with Crippen LogP contribution in [0.5, 0.6) is 5.75 Å². The first kappa shape index (κ1) is 21.5. The first-order chi connectivity index (χ1) is 16.1. The number of hydrogen-bond donors (Lipinski definition) is 0. The van der Waals surface area contributed by atoms with Crippen molar-refractivity contribution in [3.63, 3.8) is 0 Å². The number of benzene rings is 2. The van der Waals surface area contributed by atoms with Crippen molar-refractivity contribution in [2.75, 3.05) is 20.2 Å². The van der Waals surface area contributed by atoms with E-state index < -0.39 is 0 Å². The summed E-state index contributed by atoms with van der Waals surface area (Å²) < 4.78 is 7.50. The van der Waals surface area contributed by atoms with Gasteiger partial charge in [-0.05, 0) is 55.7 Å². The van der Waals surface area contributed by atoms with Crippen LogP contribution in [0.25, 0.3) is 22.0 Å². The van der Waals surface area contributed by atoms with Crippen molar-refractivity contribution in [3.8, 4) is 27.7 Å². The van der Waals surface area contributed by atoms with Gasteiger partial charge < -0.3 is 14.2 Å². The minimum Gasteiger partial charge on any atom is -0.497 e. The molecule has 33 heavy (non-hydrogen) atoms. The standard InChI is InChI=1S/C27H27N3O2S/c1-19-23(27(31)29-14-6-7-15-29)16-25(30(19)17-20-8-4-3-5-9-20)24-18-33-26(28-24)21-10-12-22(32-2)13-11-21/h3-5,8-13,16,18H,6-7,14-15,17H2,1-2H3. The molecule has 5 nitrogen and oxygen atoms in total. The molecule has 0 unspecified atom stereocenters. The number of ether oxygens (including phenoxy) is 1. The van der Waals surface area contributed by atoms with Gasteiger partial charge >= 0.3 is 0 Å². The molecule has 0 atom stereocenters. The maximum atomic E-state index is 13.3. The molecule has 1 amide bonds. The van der Waals surface area contributed by atoms with Crippen LogP contribution < -0.4 is 4.74 Å². The van der Waals surface area contributed by atoms with Gasteiger partial charge in [-0.25, -0.2) is 4.98 Å². The Bertz CT molecular complexity index is 1250. The summed E-state index contributed by atoms with van der Waals surface area (Å²) in [5.41, 5.74) is 5.90. The van der Waals surface area contributed by atoms with Gasteiger partial charge in [0, 0.05) is 36.3 Å². The first-order valence-electron chi connectivity index (χ1n) is 11.3.